The summed E-state index contributed by atoms with van der Waals surface area (Å²) in [4.78, 5) is 26.7. The molecule has 1 fully saturated rings. The summed E-state index contributed by atoms with van der Waals surface area (Å²) in [6.07, 6.45) is 1.10. The summed E-state index contributed by atoms with van der Waals surface area (Å²) in [5.74, 6) is 0.555. The van der Waals surface area contributed by atoms with Crippen LogP contribution in [0.2, 0.25) is 0 Å². The first-order valence-electron chi connectivity index (χ1n) is 9.02. The van der Waals surface area contributed by atoms with Gasteiger partial charge in [-0.3, -0.25) is 9.59 Å². The van der Waals surface area contributed by atoms with Gasteiger partial charge in [-0.05, 0) is 51.8 Å². The SMILES string of the molecule is CCOc1ccccc1C(=O)NCC(=O)NC[C@@H]1CCN(C(C)C)C1. The fourth-order valence-electron chi connectivity index (χ4n) is 3.01. The molecular formula is C19H29N3O3. The van der Waals surface area contributed by atoms with E-state index in [0.29, 0.717) is 36.4 Å². The largest absolute Gasteiger partial charge is 0.493 e. The van der Waals surface area contributed by atoms with Crippen molar-refractivity contribution in [2.45, 2.75) is 33.2 Å². The van der Waals surface area contributed by atoms with Crippen molar-refractivity contribution in [3.63, 3.8) is 0 Å². The van der Waals surface area contributed by atoms with Gasteiger partial charge in [0.15, 0.2) is 0 Å². The van der Waals surface area contributed by atoms with Crippen molar-refractivity contribution in [2.75, 3.05) is 32.8 Å². The van der Waals surface area contributed by atoms with Gasteiger partial charge in [-0.2, -0.15) is 0 Å². The molecule has 0 aromatic heterocycles. The zero-order valence-electron chi connectivity index (χ0n) is 15.4. The molecule has 6 heteroatoms. The Labute approximate surface area is 149 Å². The first kappa shape index (κ1) is 19.2. The van der Waals surface area contributed by atoms with E-state index in [-0.39, 0.29) is 18.4 Å². The van der Waals surface area contributed by atoms with Crippen LogP contribution in [-0.2, 0) is 4.79 Å². The summed E-state index contributed by atoms with van der Waals surface area (Å²) in [5.41, 5.74) is 0.445. The van der Waals surface area contributed by atoms with Crippen molar-refractivity contribution in [1.82, 2.24) is 15.5 Å². The second-order valence-electron chi connectivity index (χ2n) is 6.66. The van der Waals surface area contributed by atoms with Crippen LogP contribution in [0.25, 0.3) is 0 Å². The highest BCUT2D eigenvalue weighted by molar-refractivity contribution is 5.98. The highest BCUT2D eigenvalue weighted by Crippen LogP contribution is 2.18. The molecule has 0 radical (unpaired) electrons. The number of nitrogens with zero attached hydrogens (tertiary/aromatic N) is 1. The summed E-state index contributed by atoms with van der Waals surface area (Å²) in [5, 5.41) is 5.58. The number of hydrogen-bond donors (Lipinski definition) is 2. The molecule has 1 aliphatic rings. The van der Waals surface area contributed by atoms with E-state index in [9.17, 15) is 9.59 Å². The van der Waals surface area contributed by atoms with Crippen molar-refractivity contribution in [3.8, 4) is 5.75 Å². The summed E-state index contributed by atoms with van der Waals surface area (Å²) in [6, 6.07) is 7.58. The molecule has 0 spiro atoms. The molecule has 1 aromatic carbocycles. The van der Waals surface area contributed by atoms with E-state index in [0.717, 1.165) is 19.5 Å². The monoisotopic (exact) mass is 347 g/mol. The Hall–Kier alpha value is -2.08. The van der Waals surface area contributed by atoms with Crippen LogP contribution in [0.4, 0.5) is 0 Å². The number of benzene rings is 1. The number of likely N-dealkylation sites (tertiary alicyclic amines) is 1. The minimum Gasteiger partial charge on any atom is -0.493 e. The predicted molar refractivity (Wildman–Crippen MR) is 97.8 cm³/mol. The number of para-hydroxylation sites is 1. The quantitative estimate of drug-likeness (QED) is 0.750. The van der Waals surface area contributed by atoms with Gasteiger partial charge in [0.2, 0.25) is 5.91 Å². The number of rotatable bonds is 8. The molecule has 1 heterocycles. The van der Waals surface area contributed by atoms with Gasteiger partial charge >= 0.3 is 0 Å². The second kappa shape index (κ2) is 9.42. The third-order valence-electron chi connectivity index (χ3n) is 4.48. The smallest absolute Gasteiger partial charge is 0.255 e. The molecule has 1 saturated heterocycles. The average molecular weight is 347 g/mol. The summed E-state index contributed by atoms with van der Waals surface area (Å²) in [7, 11) is 0. The fraction of sp³-hybridized carbons (Fsp3) is 0.579. The Morgan fingerprint density at radius 1 is 1.28 bits per heavy atom. The van der Waals surface area contributed by atoms with Crippen LogP contribution in [0.3, 0.4) is 0 Å². The molecule has 1 atom stereocenters. The maximum atomic E-state index is 12.2. The van der Waals surface area contributed by atoms with E-state index in [2.05, 4.69) is 29.4 Å². The first-order chi connectivity index (χ1) is 12.0. The third-order valence-corrected chi connectivity index (χ3v) is 4.48. The lowest BCUT2D eigenvalue weighted by Gasteiger charge is -2.20. The molecular weight excluding hydrogens is 318 g/mol. The minimum atomic E-state index is -0.300. The van der Waals surface area contributed by atoms with E-state index in [1.54, 1.807) is 18.2 Å². The van der Waals surface area contributed by atoms with Gasteiger partial charge < -0.3 is 20.3 Å². The maximum absolute atomic E-state index is 12.2. The molecule has 2 rings (SSSR count). The van der Waals surface area contributed by atoms with Crippen LogP contribution in [0.1, 0.15) is 37.6 Å². The van der Waals surface area contributed by atoms with Gasteiger partial charge in [-0.1, -0.05) is 12.1 Å². The van der Waals surface area contributed by atoms with Crippen molar-refractivity contribution in [1.29, 1.82) is 0 Å². The summed E-state index contributed by atoms with van der Waals surface area (Å²) in [6.45, 7) is 9.47. The average Bonchev–Trinajstić information content (AvgIpc) is 3.08. The molecule has 1 aliphatic heterocycles. The van der Waals surface area contributed by atoms with Crippen LogP contribution in [0.15, 0.2) is 24.3 Å². The number of ether oxygens (including phenoxy) is 1. The Bertz CT molecular complexity index is 589. The third kappa shape index (κ3) is 5.74. The molecule has 0 unspecified atom stereocenters. The van der Waals surface area contributed by atoms with Crippen LogP contribution < -0.4 is 15.4 Å². The number of carbonyl (C=O) groups excluding carboxylic acids is 2. The molecule has 2 N–H and O–H groups in total. The van der Waals surface area contributed by atoms with Gasteiger partial charge in [-0.15, -0.1) is 0 Å². The lowest BCUT2D eigenvalue weighted by Crippen LogP contribution is -2.39. The van der Waals surface area contributed by atoms with Gasteiger partial charge in [0.1, 0.15) is 5.75 Å². The molecule has 6 nitrogen and oxygen atoms in total. The molecule has 2 amide bonds. The van der Waals surface area contributed by atoms with Gasteiger partial charge in [0.25, 0.3) is 5.91 Å². The number of nitrogens with one attached hydrogen (secondary N) is 2. The summed E-state index contributed by atoms with van der Waals surface area (Å²) >= 11 is 0. The van der Waals surface area contributed by atoms with Crippen molar-refractivity contribution >= 4 is 11.8 Å². The van der Waals surface area contributed by atoms with Crippen molar-refractivity contribution in [3.05, 3.63) is 29.8 Å². The lowest BCUT2D eigenvalue weighted by atomic mass is 10.1. The van der Waals surface area contributed by atoms with E-state index < -0.39 is 0 Å². The van der Waals surface area contributed by atoms with Crippen LogP contribution >= 0.6 is 0 Å². The number of amides is 2. The zero-order valence-corrected chi connectivity index (χ0v) is 15.4. The molecule has 1 aromatic rings. The minimum absolute atomic E-state index is 0.0279. The zero-order chi connectivity index (χ0) is 18.2. The highest BCUT2D eigenvalue weighted by Gasteiger charge is 2.24. The topological polar surface area (TPSA) is 70.7 Å². The van der Waals surface area contributed by atoms with Crippen LogP contribution in [0.5, 0.6) is 5.75 Å². The van der Waals surface area contributed by atoms with E-state index in [4.69, 9.17) is 4.74 Å². The molecule has 0 bridgehead atoms. The first-order valence-corrected chi connectivity index (χ1v) is 9.02. The Kier molecular flexibility index (Phi) is 7.25. The second-order valence-corrected chi connectivity index (χ2v) is 6.66. The normalized spacial score (nSPS) is 17.5. The number of hydrogen-bond acceptors (Lipinski definition) is 4. The molecule has 0 saturated carbocycles. The fourth-order valence-corrected chi connectivity index (χ4v) is 3.01. The molecule has 25 heavy (non-hydrogen) atoms. The molecule has 138 valence electrons. The standard InChI is InChI=1S/C19H29N3O3/c1-4-25-17-8-6-5-7-16(17)19(24)21-12-18(23)20-11-15-9-10-22(13-15)14(2)3/h5-8,14-15H,4,9-13H2,1-3H3,(H,20,23)(H,21,24)/t15-/m0/s1. The van der Waals surface area contributed by atoms with Crippen molar-refractivity contribution < 1.29 is 14.3 Å². The van der Waals surface area contributed by atoms with E-state index in [1.807, 2.05) is 13.0 Å². The van der Waals surface area contributed by atoms with E-state index in [1.165, 1.54) is 0 Å². The van der Waals surface area contributed by atoms with Gasteiger partial charge in [-0.25, -0.2) is 0 Å². The highest BCUT2D eigenvalue weighted by atomic mass is 16.5. The number of carbonyl (C=O) groups is 2. The van der Waals surface area contributed by atoms with Crippen molar-refractivity contribution in [2.24, 2.45) is 5.92 Å². The van der Waals surface area contributed by atoms with Gasteiger partial charge in [0, 0.05) is 19.1 Å². The predicted octanol–water partition coefficient (Wildman–Crippen LogP) is 1.66. The van der Waals surface area contributed by atoms with Crippen LogP contribution in [-0.4, -0.2) is 55.5 Å². The maximum Gasteiger partial charge on any atom is 0.255 e. The van der Waals surface area contributed by atoms with E-state index >= 15 is 0 Å². The summed E-state index contributed by atoms with van der Waals surface area (Å²) < 4.78 is 5.44. The van der Waals surface area contributed by atoms with Gasteiger partial charge in [0.05, 0.1) is 18.7 Å². The Balaban J connectivity index is 1.74. The van der Waals surface area contributed by atoms with Crippen LogP contribution in [0, 0.1) is 5.92 Å². The Morgan fingerprint density at radius 3 is 2.72 bits per heavy atom. The lowest BCUT2D eigenvalue weighted by molar-refractivity contribution is -0.120. The molecule has 0 aliphatic carbocycles. The Morgan fingerprint density at radius 2 is 2.04 bits per heavy atom.